The molecule has 1 aromatic carbocycles. The predicted molar refractivity (Wildman–Crippen MR) is 74.7 cm³/mol. The fraction of sp³-hybridized carbons (Fsp3) is 0.429. The molecule has 0 aliphatic carbocycles. The molecular formula is C14H18N2O4. The lowest BCUT2D eigenvalue weighted by Crippen LogP contribution is -2.25. The maximum absolute atomic E-state index is 11.9. The highest BCUT2D eigenvalue weighted by molar-refractivity contribution is 5.96. The van der Waals surface area contributed by atoms with Crippen LogP contribution in [0.25, 0.3) is 0 Å². The average Bonchev–Trinajstić information content (AvgIpc) is 2.42. The Bertz CT molecular complexity index is 510. The number of ether oxygens (including phenoxy) is 1. The first-order valence-corrected chi connectivity index (χ1v) is 6.60. The zero-order valence-electron chi connectivity index (χ0n) is 11.1. The number of anilines is 2. The number of nitrogens with two attached hydrogens (primary N) is 1. The summed E-state index contributed by atoms with van der Waals surface area (Å²) in [6.45, 7) is 0.702. The van der Waals surface area contributed by atoms with E-state index in [1.165, 1.54) is 18.2 Å². The van der Waals surface area contributed by atoms with Crippen molar-refractivity contribution in [1.82, 2.24) is 0 Å². The van der Waals surface area contributed by atoms with E-state index in [1.54, 1.807) is 0 Å². The van der Waals surface area contributed by atoms with E-state index in [0.29, 0.717) is 18.7 Å². The van der Waals surface area contributed by atoms with Gasteiger partial charge in [0.1, 0.15) is 0 Å². The molecule has 20 heavy (non-hydrogen) atoms. The van der Waals surface area contributed by atoms with Gasteiger partial charge in [-0.2, -0.15) is 0 Å². The van der Waals surface area contributed by atoms with Crippen molar-refractivity contribution in [3.05, 3.63) is 23.8 Å². The number of carbonyl (C=O) groups is 2. The molecule has 1 aliphatic rings. The number of aromatic carboxylic acids is 1. The van der Waals surface area contributed by atoms with E-state index in [4.69, 9.17) is 15.6 Å². The number of benzene rings is 1. The Labute approximate surface area is 116 Å². The molecule has 0 radical (unpaired) electrons. The van der Waals surface area contributed by atoms with Crippen molar-refractivity contribution < 1.29 is 19.4 Å². The topological polar surface area (TPSA) is 102 Å². The number of carbonyl (C=O) groups excluding carboxylic acids is 1. The van der Waals surface area contributed by atoms with Crippen LogP contribution in [-0.4, -0.2) is 29.7 Å². The van der Waals surface area contributed by atoms with Crippen LogP contribution in [0.15, 0.2) is 18.2 Å². The van der Waals surface area contributed by atoms with Crippen molar-refractivity contribution in [3.8, 4) is 0 Å². The highest BCUT2D eigenvalue weighted by Crippen LogP contribution is 2.21. The number of nitrogens with one attached hydrogen (secondary N) is 1. The molecule has 1 aliphatic heterocycles. The van der Waals surface area contributed by atoms with E-state index in [1.807, 2.05) is 0 Å². The van der Waals surface area contributed by atoms with Crippen molar-refractivity contribution >= 4 is 23.3 Å². The summed E-state index contributed by atoms with van der Waals surface area (Å²) < 4.78 is 5.50. The number of carboxylic acids is 1. The zero-order chi connectivity index (χ0) is 14.5. The zero-order valence-corrected chi connectivity index (χ0v) is 11.1. The molecule has 1 heterocycles. The highest BCUT2D eigenvalue weighted by atomic mass is 16.5. The third kappa shape index (κ3) is 3.71. The van der Waals surface area contributed by atoms with E-state index < -0.39 is 5.97 Å². The lowest BCUT2D eigenvalue weighted by Gasteiger charge is -2.22. The molecule has 0 saturated carbocycles. The molecule has 1 aromatic rings. The van der Waals surface area contributed by atoms with Crippen LogP contribution in [0.2, 0.25) is 0 Å². The molecular weight excluding hydrogens is 260 g/mol. The van der Waals surface area contributed by atoms with Gasteiger partial charge >= 0.3 is 5.97 Å². The van der Waals surface area contributed by atoms with Gasteiger partial charge in [-0.3, -0.25) is 4.79 Å². The number of carboxylic acid groups (broad SMARTS) is 1. The molecule has 1 amide bonds. The van der Waals surface area contributed by atoms with Crippen molar-refractivity contribution in [2.24, 2.45) is 0 Å². The van der Waals surface area contributed by atoms with Gasteiger partial charge in [-0.15, -0.1) is 0 Å². The van der Waals surface area contributed by atoms with Gasteiger partial charge in [-0.25, -0.2) is 4.79 Å². The van der Waals surface area contributed by atoms with Crippen LogP contribution in [0.1, 0.15) is 36.0 Å². The molecule has 6 nitrogen and oxygen atoms in total. The minimum Gasteiger partial charge on any atom is -0.478 e. The lowest BCUT2D eigenvalue weighted by molar-refractivity contribution is -0.119. The summed E-state index contributed by atoms with van der Waals surface area (Å²) in [7, 11) is 0. The minimum atomic E-state index is -1.05. The molecule has 0 aromatic heterocycles. The Morgan fingerprint density at radius 2 is 2.20 bits per heavy atom. The Morgan fingerprint density at radius 1 is 1.40 bits per heavy atom. The predicted octanol–water partition coefficient (Wildman–Crippen LogP) is 1.86. The molecule has 0 spiro atoms. The molecule has 1 unspecified atom stereocenters. The van der Waals surface area contributed by atoms with E-state index in [-0.39, 0.29) is 23.3 Å². The van der Waals surface area contributed by atoms with Gasteiger partial charge in [-0.1, -0.05) is 0 Å². The standard InChI is InChI=1S/C14H18N2O4/c15-11-7-9(14(18)19)4-5-12(11)16-13(17)8-10-3-1-2-6-20-10/h4-5,7,10H,1-3,6,8,15H2,(H,16,17)(H,18,19). The fourth-order valence-corrected chi connectivity index (χ4v) is 2.19. The average molecular weight is 278 g/mol. The van der Waals surface area contributed by atoms with Gasteiger partial charge in [0.15, 0.2) is 0 Å². The largest absolute Gasteiger partial charge is 0.478 e. The maximum atomic E-state index is 11.9. The van der Waals surface area contributed by atoms with Crippen LogP contribution < -0.4 is 11.1 Å². The number of hydrogen-bond donors (Lipinski definition) is 3. The van der Waals surface area contributed by atoms with Crippen LogP contribution in [0.5, 0.6) is 0 Å². The monoisotopic (exact) mass is 278 g/mol. The summed E-state index contributed by atoms with van der Waals surface area (Å²) in [6, 6.07) is 4.24. The Balaban J connectivity index is 1.95. The highest BCUT2D eigenvalue weighted by Gasteiger charge is 2.18. The summed E-state index contributed by atoms with van der Waals surface area (Å²) >= 11 is 0. The van der Waals surface area contributed by atoms with Gasteiger partial charge in [-0.05, 0) is 37.5 Å². The third-order valence-corrected chi connectivity index (χ3v) is 3.26. The van der Waals surface area contributed by atoms with Crippen molar-refractivity contribution in [1.29, 1.82) is 0 Å². The summed E-state index contributed by atoms with van der Waals surface area (Å²) in [4.78, 5) is 22.7. The van der Waals surface area contributed by atoms with Gasteiger partial charge in [0.05, 0.1) is 29.5 Å². The summed E-state index contributed by atoms with van der Waals surface area (Å²) in [5, 5.41) is 11.5. The quantitative estimate of drug-likeness (QED) is 0.730. The third-order valence-electron chi connectivity index (χ3n) is 3.26. The lowest BCUT2D eigenvalue weighted by atomic mass is 10.1. The van der Waals surface area contributed by atoms with Gasteiger partial charge in [0.2, 0.25) is 5.91 Å². The number of amides is 1. The summed E-state index contributed by atoms with van der Waals surface area (Å²) in [6.07, 6.45) is 3.26. The Kier molecular flexibility index (Phi) is 4.57. The maximum Gasteiger partial charge on any atom is 0.335 e. The number of rotatable bonds is 4. The molecule has 2 rings (SSSR count). The Hall–Kier alpha value is -2.08. The van der Waals surface area contributed by atoms with Gasteiger partial charge in [0.25, 0.3) is 0 Å². The molecule has 0 bridgehead atoms. The first-order valence-electron chi connectivity index (χ1n) is 6.60. The molecule has 1 fully saturated rings. The molecule has 6 heteroatoms. The van der Waals surface area contributed by atoms with Crippen LogP contribution in [0.4, 0.5) is 11.4 Å². The minimum absolute atomic E-state index is 0.0386. The second-order valence-electron chi connectivity index (χ2n) is 4.85. The normalized spacial score (nSPS) is 18.5. The van der Waals surface area contributed by atoms with E-state index in [2.05, 4.69) is 5.32 Å². The van der Waals surface area contributed by atoms with Gasteiger partial charge < -0.3 is 20.9 Å². The first kappa shape index (κ1) is 14.3. The molecule has 4 N–H and O–H groups in total. The SMILES string of the molecule is Nc1cc(C(=O)O)ccc1NC(=O)CC1CCCCO1. The number of nitrogen functional groups attached to an aromatic ring is 1. The number of hydrogen-bond acceptors (Lipinski definition) is 4. The van der Waals surface area contributed by atoms with E-state index in [9.17, 15) is 9.59 Å². The fourth-order valence-electron chi connectivity index (χ4n) is 2.19. The molecule has 1 saturated heterocycles. The second-order valence-corrected chi connectivity index (χ2v) is 4.85. The molecule has 1 atom stereocenters. The van der Waals surface area contributed by atoms with Crippen molar-refractivity contribution in [2.75, 3.05) is 17.7 Å². The Morgan fingerprint density at radius 3 is 2.80 bits per heavy atom. The first-order chi connectivity index (χ1) is 9.56. The van der Waals surface area contributed by atoms with Crippen LogP contribution in [0, 0.1) is 0 Å². The van der Waals surface area contributed by atoms with Crippen molar-refractivity contribution in [2.45, 2.75) is 31.8 Å². The van der Waals surface area contributed by atoms with Crippen molar-refractivity contribution in [3.63, 3.8) is 0 Å². The summed E-state index contributed by atoms with van der Waals surface area (Å²) in [5.41, 5.74) is 6.49. The van der Waals surface area contributed by atoms with Crippen LogP contribution in [-0.2, 0) is 9.53 Å². The smallest absolute Gasteiger partial charge is 0.335 e. The summed E-state index contributed by atoms with van der Waals surface area (Å²) in [5.74, 6) is -1.23. The van der Waals surface area contributed by atoms with Crippen LogP contribution >= 0.6 is 0 Å². The second kappa shape index (κ2) is 6.38. The van der Waals surface area contributed by atoms with Gasteiger partial charge in [0, 0.05) is 6.61 Å². The van der Waals surface area contributed by atoms with E-state index in [0.717, 1.165) is 19.3 Å². The molecule has 108 valence electrons. The van der Waals surface area contributed by atoms with E-state index >= 15 is 0 Å². The van der Waals surface area contributed by atoms with Crippen LogP contribution in [0.3, 0.4) is 0 Å².